The third kappa shape index (κ3) is 14.0. The normalized spacial score (nSPS) is 12.6. The first kappa shape index (κ1) is 21.6. The van der Waals surface area contributed by atoms with Gasteiger partial charge in [-0.25, -0.2) is 4.79 Å². The minimum atomic E-state index is -1.43. The van der Waals surface area contributed by atoms with Crippen molar-refractivity contribution in [3.05, 3.63) is 22.3 Å². The van der Waals surface area contributed by atoms with E-state index in [1.54, 1.807) is 0 Å². The van der Waals surface area contributed by atoms with Crippen LogP contribution in [-0.4, -0.2) is 22.0 Å². The highest BCUT2D eigenvalue weighted by molar-refractivity contribution is 5.71. The van der Waals surface area contributed by atoms with E-state index in [0.717, 1.165) is 25.7 Å². The van der Waals surface area contributed by atoms with Gasteiger partial charge in [0.25, 0.3) is 0 Å². The standard InChI is InChI=1S/C18H33NO4/c1-2-3-4-5-6-7-8-9-10-11-12-13-14-15-16-17(18(20)21)19(22)23/h7-8,17H,2-6,9-16H2,1H3,(H,20,21)/b8-7-. The molecule has 1 unspecified atom stereocenters. The fraction of sp³-hybridized carbons (Fsp3) is 0.833. The second-order valence-electron chi connectivity index (χ2n) is 6.16. The Bertz CT molecular complexity index is 328. The lowest BCUT2D eigenvalue weighted by atomic mass is 10.1. The van der Waals surface area contributed by atoms with Crippen LogP contribution in [0.1, 0.15) is 90.4 Å². The number of nitrogens with zero attached hydrogens (tertiary/aromatic N) is 1. The zero-order valence-electron chi connectivity index (χ0n) is 14.5. The van der Waals surface area contributed by atoms with E-state index in [-0.39, 0.29) is 6.42 Å². The fourth-order valence-corrected chi connectivity index (χ4v) is 2.55. The number of allylic oxidation sites excluding steroid dienone is 2. The number of rotatable bonds is 16. The number of carbonyl (C=O) groups is 1. The first-order chi connectivity index (χ1) is 11.1. The Morgan fingerprint density at radius 3 is 1.91 bits per heavy atom. The maximum Gasteiger partial charge on any atom is 0.379 e. The molecule has 0 aliphatic heterocycles. The zero-order chi connectivity index (χ0) is 17.3. The van der Waals surface area contributed by atoms with E-state index in [1.807, 2.05) is 0 Å². The van der Waals surface area contributed by atoms with Crippen molar-refractivity contribution in [3.8, 4) is 0 Å². The molecule has 1 N–H and O–H groups in total. The molecule has 0 aromatic heterocycles. The summed E-state index contributed by atoms with van der Waals surface area (Å²) in [7, 11) is 0. The molecule has 5 nitrogen and oxygen atoms in total. The summed E-state index contributed by atoms with van der Waals surface area (Å²) in [4.78, 5) is 20.5. The van der Waals surface area contributed by atoms with E-state index in [0.29, 0.717) is 6.42 Å². The van der Waals surface area contributed by atoms with Crippen LogP contribution >= 0.6 is 0 Å². The van der Waals surface area contributed by atoms with Gasteiger partial charge in [-0.05, 0) is 32.1 Å². The Kier molecular flexibility index (Phi) is 14.6. The van der Waals surface area contributed by atoms with Crippen molar-refractivity contribution in [1.82, 2.24) is 0 Å². The molecule has 0 bridgehead atoms. The van der Waals surface area contributed by atoms with Gasteiger partial charge in [-0.1, -0.05) is 64.0 Å². The summed E-state index contributed by atoms with van der Waals surface area (Å²) in [6.45, 7) is 2.22. The van der Waals surface area contributed by atoms with Crippen molar-refractivity contribution in [1.29, 1.82) is 0 Å². The number of hydrogen-bond donors (Lipinski definition) is 1. The number of unbranched alkanes of at least 4 members (excludes halogenated alkanes) is 10. The lowest BCUT2D eigenvalue weighted by Crippen LogP contribution is -2.28. The van der Waals surface area contributed by atoms with Gasteiger partial charge in [-0.3, -0.25) is 10.1 Å². The molecular formula is C18H33NO4. The Hall–Kier alpha value is -1.39. The highest BCUT2D eigenvalue weighted by Gasteiger charge is 2.27. The maximum absolute atomic E-state index is 10.7. The molecular weight excluding hydrogens is 294 g/mol. The zero-order valence-corrected chi connectivity index (χ0v) is 14.5. The van der Waals surface area contributed by atoms with Crippen LogP contribution in [0.3, 0.4) is 0 Å². The Morgan fingerprint density at radius 1 is 0.957 bits per heavy atom. The van der Waals surface area contributed by atoms with Crippen LogP contribution in [0.15, 0.2) is 12.2 Å². The Labute approximate surface area is 140 Å². The van der Waals surface area contributed by atoms with Gasteiger partial charge in [-0.15, -0.1) is 0 Å². The molecule has 0 radical (unpaired) electrons. The van der Waals surface area contributed by atoms with Crippen LogP contribution < -0.4 is 0 Å². The van der Waals surface area contributed by atoms with Crippen molar-refractivity contribution in [2.75, 3.05) is 0 Å². The van der Waals surface area contributed by atoms with Crippen molar-refractivity contribution < 1.29 is 14.8 Å². The Morgan fingerprint density at radius 2 is 1.43 bits per heavy atom. The molecule has 1 atom stereocenters. The van der Waals surface area contributed by atoms with Gasteiger partial charge in [0, 0.05) is 11.3 Å². The van der Waals surface area contributed by atoms with Crippen LogP contribution in [0.5, 0.6) is 0 Å². The lowest BCUT2D eigenvalue weighted by molar-refractivity contribution is -0.511. The first-order valence-corrected chi connectivity index (χ1v) is 9.10. The topological polar surface area (TPSA) is 80.4 Å². The smallest absolute Gasteiger partial charge is 0.379 e. The summed E-state index contributed by atoms with van der Waals surface area (Å²) in [5.74, 6) is -1.32. The summed E-state index contributed by atoms with van der Waals surface area (Å²) in [6, 6.07) is -1.43. The molecule has 0 aromatic carbocycles. The Balaban J connectivity index is 3.35. The van der Waals surface area contributed by atoms with E-state index in [4.69, 9.17) is 5.11 Å². The van der Waals surface area contributed by atoms with Gasteiger partial charge in [0.15, 0.2) is 0 Å². The van der Waals surface area contributed by atoms with Crippen molar-refractivity contribution in [3.63, 3.8) is 0 Å². The highest BCUT2D eigenvalue weighted by atomic mass is 16.6. The number of nitro groups is 1. The molecule has 0 spiro atoms. The highest BCUT2D eigenvalue weighted by Crippen LogP contribution is 2.12. The minimum Gasteiger partial charge on any atom is -0.476 e. The number of carboxylic acids is 1. The largest absolute Gasteiger partial charge is 0.476 e. The summed E-state index contributed by atoms with van der Waals surface area (Å²) < 4.78 is 0. The SMILES string of the molecule is CCCCCC/C=C\CCCCCCCCC(C(=O)O)[N+](=O)[O-]. The monoisotopic (exact) mass is 327 g/mol. The molecule has 0 aliphatic rings. The summed E-state index contributed by atoms with van der Waals surface area (Å²) >= 11 is 0. The molecule has 0 saturated heterocycles. The summed E-state index contributed by atoms with van der Waals surface area (Å²) in [5, 5.41) is 19.2. The van der Waals surface area contributed by atoms with Gasteiger partial charge >= 0.3 is 12.0 Å². The van der Waals surface area contributed by atoms with Crippen LogP contribution in [0.4, 0.5) is 0 Å². The molecule has 0 rings (SSSR count). The van der Waals surface area contributed by atoms with E-state index in [1.165, 1.54) is 44.9 Å². The van der Waals surface area contributed by atoms with Crippen molar-refractivity contribution in [2.45, 2.75) is 96.4 Å². The molecule has 0 saturated carbocycles. The molecule has 0 aliphatic carbocycles. The second-order valence-corrected chi connectivity index (χ2v) is 6.16. The van der Waals surface area contributed by atoms with Crippen LogP contribution in [0.2, 0.25) is 0 Å². The molecule has 134 valence electrons. The molecule has 0 fully saturated rings. The minimum absolute atomic E-state index is 0.142. The summed E-state index contributed by atoms with van der Waals surface area (Å²) in [5.41, 5.74) is 0. The predicted octanol–water partition coefficient (Wildman–Crippen LogP) is 5.36. The molecule has 23 heavy (non-hydrogen) atoms. The van der Waals surface area contributed by atoms with E-state index < -0.39 is 16.9 Å². The molecule has 0 amide bonds. The average molecular weight is 327 g/mol. The van der Waals surface area contributed by atoms with Crippen LogP contribution in [-0.2, 0) is 4.79 Å². The van der Waals surface area contributed by atoms with Gasteiger partial charge in [-0.2, -0.15) is 0 Å². The predicted molar refractivity (Wildman–Crippen MR) is 93.3 cm³/mol. The lowest BCUT2D eigenvalue weighted by Gasteiger charge is -2.04. The quantitative estimate of drug-likeness (QED) is 0.179. The molecule has 0 aromatic rings. The van der Waals surface area contributed by atoms with Gasteiger partial charge in [0.1, 0.15) is 0 Å². The summed E-state index contributed by atoms with van der Waals surface area (Å²) in [6.07, 6.45) is 18.3. The maximum atomic E-state index is 10.7. The third-order valence-corrected chi connectivity index (χ3v) is 4.03. The number of aliphatic carboxylic acids is 1. The van der Waals surface area contributed by atoms with E-state index in [9.17, 15) is 14.9 Å². The van der Waals surface area contributed by atoms with Crippen LogP contribution in [0.25, 0.3) is 0 Å². The van der Waals surface area contributed by atoms with E-state index in [2.05, 4.69) is 19.1 Å². The molecule has 5 heteroatoms. The van der Waals surface area contributed by atoms with Gasteiger partial charge < -0.3 is 5.11 Å². The van der Waals surface area contributed by atoms with Crippen molar-refractivity contribution >= 4 is 5.97 Å². The third-order valence-electron chi connectivity index (χ3n) is 4.03. The number of carboxylic acid groups (broad SMARTS) is 1. The van der Waals surface area contributed by atoms with Crippen LogP contribution in [0, 0.1) is 10.1 Å². The van der Waals surface area contributed by atoms with Gasteiger partial charge in [0.2, 0.25) is 0 Å². The van der Waals surface area contributed by atoms with E-state index >= 15 is 0 Å². The van der Waals surface area contributed by atoms with Gasteiger partial charge in [0.05, 0.1) is 0 Å². The average Bonchev–Trinajstić information content (AvgIpc) is 2.50. The van der Waals surface area contributed by atoms with Crippen molar-refractivity contribution in [2.24, 2.45) is 0 Å². The molecule has 0 heterocycles. The number of hydrogen-bond acceptors (Lipinski definition) is 3. The first-order valence-electron chi connectivity index (χ1n) is 9.10. The second kappa shape index (κ2) is 15.5. The fourth-order valence-electron chi connectivity index (χ4n) is 2.55.